The van der Waals surface area contributed by atoms with Crippen molar-refractivity contribution in [3.63, 3.8) is 0 Å². The Bertz CT molecular complexity index is 635. The second kappa shape index (κ2) is 5.49. The maximum atomic E-state index is 12.4. The predicted octanol–water partition coefficient (Wildman–Crippen LogP) is 4.48. The number of Topliss-reactive ketones (excluding diaryl/α,β-unsaturated/α-hetero) is 1. The number of carbonyl (C=O) groups is 1. The molecule has 2 nitrogen and oxygen atoms in total. The van der Waals surface area contributed by atoms with E-state index in [1.54, 1.807) is 11.3 Å². The zero-order chi connectivity index (χ0) is 14.9. The molecule has 0 atom stereocenters. The van der Waals surface area contributed by atoms with Crippen LogP contribution in [0.15, 0.2) is 23.6 Å². The Hall–Kier alpha value is -1.48. The van der Waals surface area contributed by atoms with Crippen LogP contribution in [0.5, 0.6) is 0 Å². The fraction of sp³-hybridized carbons (Fsp3) is 0.412. The maximum absolute atomic E-state index is 12.4. The number of thiazole rings is 1. The molecule has 0 spiro atoms. The lowest BCUT2D eigenvalue weighted by atomic mass is 9.93. The van der Waals surface area contributed by atoms with E-state index < -0.39 is 0 Å². The molecule has 0 aliphatic carbocycles. The van der Waals surface area contributed by atoms with Gasteiger partial charge in [-0.05, 0) is 25.0 Å². The molecule has 0 N–H and O–H groups in total. The van der Waals surface area contributed by atoms with Crippen LogP contribution in [-0.4, -0.2) is 10.8 Å². The van der Waals surface area contributed by atoms with Crippen molar-refractivity contribution in [2.24, 2.45) is 0 Å². The van der Waals surface area contributed by atoms with Gasteiger partial charge in [-0.1, -0.05) is 39.0 Å². The maximum Gasteiger partial charge on any atom is 0.169 e. The molecule has 0 bridgehead atoms. The fourth-order valence-corrected chi connectivity index (χ4v) is 3.04. The molecule has 0 aliphatic heterocycles. The van der Waals surface area contributed by atoms with Gasteiger partial charge in [-0.3, -0.25) is 4.79 Å². The zero-order valence-corrected chi connectivity index (χ0v) is 13.6. The number of ketones is 1. The molecule has 3 heteroatoms. The molecule has 0 amide bonds. The number of hydrogen-bond donors (Lipinski definition) is 0. The molecule has 20 heavy (non-hydrogen) atoms. The molecule has 0 radical (unpaired) electrons. The van der Waals surface area contributed by atoms with Crippen LogP contribution >= 0.6 is 11.3 Å². The smallest absolute Gasteiger partial charge is 0.169 e. The molecule has 0 saturated heterocycles. The van der Waals surface area contributed by atoms with E-state index >= 15 is 0 Å². The van der Waals surface area contributed by atoms with Crippen molar-refractivity contribution in [3.05, 3.63) is 51.0 Å². The predicted molar refractivity (Wildman–Crippen MR) is 84.8 cm³/mol. The lowest BCUT2D eigenvalue weighted by molar-refractivity contribution is 0.0992. The van der Waals surface area contributed by atoms with Gasteiger partial charge in [-0.25, -0.2) is 4.98 Å². The monoisotopic (exact) mass is 287 g/mol. The molecule has 2 rings (SSSR count). The van der Waals surface area contributed by atoms with Crippen molar-refractivity contribution in [2.75, 3.05) is 0 Å². The summed E-state index contributed by atoms with van der Waals surface area (Å²) in [6, 6.07) is 5.88. The van der Waals surface area contributed by atoms with E-state index in [1.165, 1.54) is 0 Å². The Balaban J connectivity index is 2.20. The summed E-state index contributed by atoms with van der Waals surface area (Å²) in [5, 5.41) is 2.96. The van der Waals surface area contributed by atoms with E-state index in [0.717, 1.165) is 27.4 Å². The summed E-state index contributed by atoms with van der Waals surface area (Å²) in [5.41, 5.74) is 4.15. The first-order chi connectivity index (χ1) is 9.29. The molecule has 106 valence electrons. The molecule has 1 aromatic carbocycles. The number of aromatic nitrogens is 1. The third kappa shape index (κ3) is 3.15. The van der Waals surface area contributed by atoms with Crippen molar-refractivity contribution in [2.45, 2.75) is 46.5 Å². The average molecular weight is 287 g/mol. The summed E-state index contributed by atoms with van der Waals surface area (Å²) in [6.45, 7) is 10.5. The summed E-state index contributed by atoms with van der Waals surface area (Å²) in [5.74, 6) is 0.154. The van der Waals surface area contributed by atoms with Crippen LogP contribution < -0.4 is 0 Å². The summed E-state index contributed by atoms with van der Waals surface area (Å²) >= 11 is 1.58. The highest BCUT2D eigenvalue weighted by atomic mass is 32.1. The van der Waals surface area contributed by atoms with Crippen LogP contribution in [0.4, 0.5) is 0 Å². The van der Waals surface area contributed by atoms with E-state index in [4.69, 9.17) is 0 Å². The van der Waals surface area contributed by atoms with Crippen molar-refractivity contribution in [1.29, 1.82) is 0 Å². The number of nitrogens with zero attached hydrogens (tertiary/aromatic N) is 1. The minimum atomic E-state index is 0.0387. The highest BCUT2D eigenvalue weighted by Crippen LogP contribution is 2.25. The van der Waals surface area contributed by atoms with Gasteiger partial charge in [0.1, 0.15) is 5.01 Å². The number of benzene rings is 1. The largest absolute Gasteiger partial charge is 0.294 e. The molecule has 1 heterocycles. The first-order valence-electron chi connectivity index (χ1n) is 6.83. The Labute approximate surface area is 124 Å². The van der Waals surface area contributed by atoms with Crippen LogP contribution in [0.1, 0.15) is 53.0 Å². The second-order valence-corrected chi connectivity index (χ2v) is 7.17. The minimum absolute atomic E-state index is 0.0387. The van der Waals surface area contributed by atoms with E-state index in [2.05, 4.69) is 31.1 Å². The van der Waals surface area contributed by atoms with Gasteiger partial charge in [-0.15, -0.1) is 11.3 Å². The molecule has 1 aromatic heterocycles. The van der Waals surface area contributed by atoms with Crippen molar-refractivity contribution in [3.8, 4) is 0 Å². The Morgan fingerprint density at radius 3 is 2.55 bits per heavy atom. The van der Waals surface area contributed by atoms with Gasteiger partial charge in [0.2, 0.25) is 0 Å². The molecule has 0 saturated carbocycles. The Morgan fingerprint density at radius 2 is 1.95 bits per heavy atom. The van der Waals surface area contributed by atoms with Gasteiger partial charge in [0.25, 0.3) is 0 Å². The molecule has 0 unspecified atom stereocenters. The number of rotatable bonds is 3. The third-order valence-corrected chi connectivity index (χ3v) is 4.39. The van der Waals surface area contributed by atoms with Crippen LogP contribution in [0.25, 0.3) is 0 Å². The summed E-state index contributed by atoms with van der Waals surface area (Å²) < 4.78 is 0. The van der Waals surface area contributed by atoms with Crippen LogP contribution in [0.2, 0.25) is 0 Å². The van der Waals surface area contributed by atoms with E-state index in [1.807, 2.05) is 32.0 Å². The number of aryl methyl sites for hydroxylation is 1. The SMILES string of the molecule is Cc1cccc(C(=O)Cc2nc(C(C)(C)C)cs2)c1C. The summed E-state index contributed by atoms with van der Waals surface area (Å²) in [6.07, 6.45) is 0.394. The van der Waals surface area contributed by atoms with Crippen LogP contribution in [0, 0.1) is 13.8 Å². The van der Waals surface area contributed by atoms with Gasteiger partial charge in [-0.2, -0.15) is 0 Å². The molecular formula is C17H21NOS. The van der Waals surface area contributed by atoms with Crippen molar-refractivity contribution >= 4 is 17.1 Å². The van der Waals surface area contributed by atoms with Gasteiger partial charge in [0, 0.05) is 16.4 Å². The average Bonchev–Trinajstić information content (AvgIpc) is 2.81. The minimum Gasteiger partial charge on any atom is -0.294 e. The molecule has 0 aliphatic rings. The lowest BCUT2D eigenvalue weighted by Crippen LogP contribution is -2.12. The normalized spacial score (nSPS) is 11.7. The first kappa shape index (κ1) is 14.9. The molecule has 0 fully saturated rings. The van der Waals surface area contributed by atoms with Crippen LogP contribution in [-0.2, 0) is 11.8 Å². The van der Waals surface area contributed by atoms with Crippen LogP contribution in [0.3, 0.4) is 0 Å². The Kier molecular flexibility index (Phi) is 4.09. The lowest BCUT2D eigenvalue weighted by Gasteiger charge is -2.14. The zero-order valence-electron chi connectivity index (χ0n) is 12.8. The Morgan fingerprint density at radius 1 is 1.25 bits per heavy atom. The van der Waals surface area contributed by atoms with Crippen molar-refractivity contribution in [1.82, 2.24) is 4.98 Å². The second-order valence-electron chi connectivity index (χ2n) is 6.22. The van der Waals surface area contributed by atoms with Crippen molar-refractivity contribution < 1.29 is 4.79 Å². The molecule has 2 aromatic rings. The summed E-state index contributed by atoms with van der Waals surface area (Å²) in [7, 11) is 0. The number of hydrogen-bond acceptors (Lipinski definition) is 3. The van der Waals surface area contributed by atoms with E-state index in [9.17, 15) is 4.79 Å². The van der Waals surface area contributed by atoms with E-state index in [-0.39, 0.29) is 11.2 Å². The quantitative estimate of drug-likeness (QED) is 0.779. The third-order valence-electron chi connectivity index (χ3n) is 3.54. The van der Waals surface area contributed by atoms with E-state index in [0.29, 0.717) is 6.42 Å². The van der Waals surface area contributed by atoms with Gasteiger partial charge in [0.15, 0.2) is 5.78 Å². The first-order valence-corrected chi connectivity index (χ1v) is 7.71. The standard InChI is InChI=1S/C17H21NOS/c1-11-7-6-8-13(12(11)2)14(19)9-16-18-15(10-20-16)17(3,4)5/h6-8,10H,9H2,1-5H3. The highest BCUT2D eigenvalue weighted by Gasteiger charge is 2.19. The number of carbonyl (C=O) groups excluding carboxylic acids is 1. The van der Waals surface area contributed by atoms with Gasteiger partial charge in [0.05, 0.1) is 12.1 Å². The van der Waals surface area contributed by atoms with Gasteiger partial charge >= 0.3 is 0 Å². The highest BCUT2D eigenvalue weighted by molar-refractivity contribution is 7.09. The van der Waals surface area contributed by atoms with Gasteiger partial charge < -0.3 is 0 Å². The summed E-state index contributed by atoms with van der Waals surface area (Å²) in [4.78, 5) is 17.0. The fourth-order valence-electron chi connectivity index (χ4n) is 2.02. The topological polar surface area (TPSA) is 30.0 Å². The molecular weight excluding hydrogens is 266 g/mol.